The van der Waals surface area contributed by atoms with Gasteiger partial charge in [0.15, 0.2) is 5.78 Å². The van der Waals surface area contributed by atoms with Gasteiger partial charge in [0.05, 0.1) is 11.4 Å². The van der Waals surface area contributed by atoms with E-state index in [-0.39, 0.29) is 5.78 Å². The van der Waals surface area contributed by atoms with Crippen LogP contribution in [0.2, 0.25) is 0 Å². The second-order valence-electron chi connectivity index (χ2n) is 5.52. The number of fused-ring (bicyclic) bond motifs is 2. The molecule has 0 fully saturated rings. The molecule has 5 nitrogen and oxygen atoms in total. The molecule has 0 saturated carbocycles. The van der Waals surface area contributed by atoms with Gasteiger partial charge in [-0.3, -0.25) is 4.79 Å². The van der Waals surface area contributed by atoms with Crippen molar-refractivity contribution < 1.29 is 4.79 Å². The Balaban J connectivity index is 2.09. The van der Waals surface area contributed by atoms with Crippen molar-refractivity contribution in [3.8, 4) is 11.1 Å². The van der Waals surface area contributed by atoms with Crippen LogP contribution in [0.1, 0.15) is 15.9 Å². The highest BCUT2D eigenvalue weighted by Gasteiger charge is 2.26. The topological polar surface area (TPSA) is 66.5 Å². The zero-order valence-electron chi connectivity index (χ0n) is 13.3. The molecule has 0 unspecified atom stereocenters. The van der Waals surface area contributed by atoms with Gasteiger partial charge in [0.1, 0.15) is 0 Å². The first-order chi connectivity index (χ1) is 11.7. The summed E-state index contributed by atoms with van der Waals surface area (Å²) in [6.45, 7) is 0. The van der Waals surface area contributed by atoms with Gasteiger partial charge in [0.2, 0.25) is 0 Å². The largest absolute Gasteiger partial charge is 0.289 e. The molecule has 0 saturated heterocycles. The third-order valence-corrected chi connectivity index (χ3v) is 4.22. The molecule has 0 amide bonds. The minimum absolute atomic E-state index is 0.00170. The molecule has 116 valence electrons. The average Bonchev–Trinajstić information content (AvgIpc) is 2.61. The molecule has 0 aliphatic heterocycles. The minimum Gasteiger partial charge on any atom is -0.289 e. The number of carbonyl (C=O) groups is 1. The second kappa shape index (κ2) is 5.45. The molecule has 0 radical (unpaired) electrons. The van der Waals surface area contributed by atoms with E-state index in [2.05, 4.69) is 20.5 Å². The van der Waals surface area contributed by atoms with E-state index in [1.165, 1.54) is 0 Å². The summed E-state index contributed by atoms with van der Waals surface area (Å²) in [6.07, 6.45) is 0. The van der Waals surface area contributed by atoms with E-state index in [4.69, 9.17) is 0 Å². The van der Waals surface area contributed by atoms with Crippen molar-refractivity contribution in [3.05, 3.63) is 59.7 Å². The first-order valence-corrected chi connectivity index (χ1v) is 7.59. The average molecular weight is 314 g/mol. The summed E-state index contributed by atoms with van der Waals surface area (Å²) in [6, 6.07) is 15.3. The van der Waals surface area contributed by atoms with Crippen LogP contribution < -0.4 is 0 Å². The van der Waals surface area contributed by atoms with Crippen molar-refractivity contribution in [2.24, 2.45) is 20.5 Å². The van der Waals surface area contributed by atoms with Crippen molar-refractivity contribution in [2.45, 2.75) is 0 Å². The molecule has 0 aromatic heterocycles. The van der Waals surface area contributed by atoms with Gasteiger partial charge >= 0.3 is 0 Å². The quantitative estimate of drug-likeness (QED) is 0.452. The maximum absolute atomic E-state index is 13.0. The fraction of sp³-hybridized carbons (Fsp3) is 0.105. The molecule has 0 heterocycles. The Kier molecular flexibility index (Phi) is 3.27. The number of ketones is 1. The Morgan fingerprint density at radius 3 is 2.33 bits per heavy atom. The van der Waals surface area contributed by atoms with Crippen LogP contribution in [0.3, 0.4) is 0 Å². The summed E-state index contributed by atoms with van der Waals surface area (Å²) in [5, 5.41) is 17.7. The third-order valence-electron chi connectivity index (χ3n) is 4.22. The molecule has 24 heavy (non-hydrogen) atoms. The van der Waals surface area contributed by atoms with Crippen molar-refractivity contribution in [1.82, 2.24) is 0 Å². The summed E-state index contributed by atoms with van der Waals surface area (Å²) in [7, 11) is 3.25. The molecule has 0 bridgehead atoms. The molecule has 1 aliphatic carbocycles. The molecule has 1 aliphatic rings. The van der Waals surface area contributed by atoms with E-state index >= 15 is 0 Å². The highest BCUT2D eigenvalue weighted by Crippen LogP contribution is 2.43. The molecule has 4 rings (SSSR count). The van der Waals surface area contributed by atoms with Crippen molar-refractivity contribution >= 4 is 27.9 Å². The highest BCUT2D eigenvalue weighted by molar-refractivity contribution is 6.27. The number of hydrogen-bond donors (Lipinski definition) is 0. The number of carbonyl (C=O) groups excluding carboxylic acids is 1. The summed E-state index contributed by atoms with van der Waals surface area (Å²) in [4.78, 5) is 13.0. The van der Waals surface area contributed by atoms with Crippen LogP contribution in [0.25, 0.3) is 21.9 Å². The fourth-order valence-corrected chi connectivity index (χ4v) is 3.28. The van der Waals surface area contributed by atoms with Gasteiger partial charge in [0, 0.05) is 36.0 Å². The van der Waals surface area contributed by atoms with E-state index < -0.39 is 0 Å². The van der Waals surface area contributed by atoms with Crippen LogP contribution in [-0.2, 0) is 0 Å². The van der Waals surface area contributed by atoms with Crippen molar-refractivity contribution in [2.75, 3.05) is 14.1 Å². The second-order valence-corrected chi connectivity index (χ2v) is 5.52. The maximum atomic E-state index is 13.0. The number of hydrogen-bond acceptors (Lipinski definition) is 5. The fourth-order valence-electron chi connectivity index (χ4n) is 3.28. The first kappa shape index (κ1) is 14.4. The lowest BCUT2D eigenvalue weighted by molar-refractivity contribution is 0.104. The van der Waals surface area contributed by atoms with E-state index in [0.717, 1.165) is 27.6 Å². The Morgan fingerprint density at radius 1 is 0.750 bits per heavy atom. The SMILES string of the molecule is CN=Nc1ccc2c(c1)C(=O)c1cccc3c(N=NC)ccc-2c13. The number of rotatable bonds is 2. The normalized spacial score (nSPS) is 13.2. The van der Waals surface area contributed by atoms with Gasteiger partial charge in [-0.2, -0.15) is 20.5 Å². The minimum atomic E-state index is 0.00170. The Morgan fingerprint density at radius 2 is 1.54 bits per heavy atom. The Bertz CT molecular complexity index is 1050. The third kappa shape index (κ3) is 1.98. The van der Waals surface area contributed by atoms with Gasteiger partial charge in [-0.1, -0.05) is 30.3 Å². The number of benzene rings is 3. The number of azo groups is 2. The molecule has 3 aromatic carbocycles. The van der Waals surface area contributed by atoms with Crippen LogP contribution >= 0.6 is 0 Å². The van der Waals surface area contributed by atoms with Crippen LogP contribution in [0.15, 0.2) is 69.0 Å². The molecule has 0 N–H and O–H groups in total. The van der Waals surface area contributed by atoms with Crippen molar-refractivity contribution in [1.29, 1.82) is 0 Å². The van der Waals surface area contributed by atoms with E-state index in [0.29, 0.717) is 16.8 Å². The lowest BCUT2D eigenvalue weighted by Crippen LogP contribution is -2.09. The number of nitrogens with zero attached hydrogens (tertiary/aromatic N) is 4. The van der Waals surface area contributed by atoms with Gasteiger partial charge < -0.3 is 0 Å². The molecular formula is C19H14N4O. The molecule has 3 aromatic rings. The Hall–Kier alpha value is -3.21. The van der Waals surface area contributed by atoms with Gasteiger partial charge in [-0.25, -0.2) is 0 Å². The zero-order valence-corrected chi connectivity index (χ0v) is 13.3. The first-order valence-electron chi connectivity index (χ1n) is 7.59. The smallest absolute Gasteiger partial charge is 0.194 e. The van der Waals surface area contributed by atoms with Gasteiger partial charge in [-0.15, -0.1) is 0 Å². The lowest BCUT2D eigenvalue weighted by Gasteiger charge is -2.20. The van der Waals surface area contributed by atoms with Crippen LogP contribution in [-0.4, -0.2) is 19.9 Å². The zero-order chi connectivity index (χ0) is 16.7. The van der Waals surface area contributed by atoms with E-state index in [9.17, 15) is 4.79 Å². The molecular weight excluding hydrogens is 300 g/mol. The summed E-state index contributed by atoms with van der Waals surface area (Å²) >= 11 is 0. The highest BCUT2D eigenvalue weighted by atomic mass is 16.1. The molecule has 0 atom stereocenters. The molecule has 5 heteroatoms. The predicted molar refractivity (Wildman–Crippen MR) is 93.7 cm³/mol. The van der Waals surface area contributed by atoms with Crippen molar-refractivity contribution in [3.63, 3.8) is 0 Å². The molecule has 0 spiro atoms. The van der Waals surface area contributed by atoms with E-state index in [1.54, 1.807) is 20.2 Å². The standard InChI is InChI=1S/C19H14N4O/c1-20-22-11-6-7-12-13-8-9-17(23-21-2)14-4-3-5-15(18(13)14)19(24)16(12)10-11/h3-10H,1-2H3. The summed E-state index contributed by atoms with van der Waals surface area (Å²) < 4.78 is 0. The Labute approximate surface area is 138 Å². The van der Waals surface area contributed by atoms with Gasteiger partial charge in [0.25, 0.3) is 0 Å². The predicted octanol–water partition coefficient (Wildman–Crippen LogP) is 5.48. The maximum Gasteiger partial charge on any atom is 0.194 e. The van der Waals surface area contributed by atoms with Crippen LogP contribution in [0, 0.1) is 0 Å². The lowest BCUT2D eigenvalue weighted by atomic mass is 9.82. The van der Waals surface area contributed by atoms with Crippen LogP contribution in [0.5, 0.6) is 0 Å². The summed E-state index contributed by atoms with van der Waals surface area (Å²) in [5.74, 6) is 0.00170. The summed E-state index contributed by atoms with van der Waals surface area (Å²) in [5.41, 5.74) is 4.74. The van der Waals surface area contributed by atoms with Gasteiger partial charge in [-0.05, 0) is 29.3 Å². The van der Waals surface area contributed by atoms with E-state index in [1.807, 2.05) is 42.5 Å². The monoisotopic (exact) mass is 314 g/mol. The van der Waals surface area contributed by atoms with Crippen LogP contribution in [0.4, 0.5) is 11.4 Å².